The number of sulfonamides is 1. The molecule has 0 amide bonds. The lowest BCUT2D eigenvalue weighted by Gasteiger charge is -2.18. The Labute approximate surface area is 117 Å². The van der Waals surface area contributed by atoms with Gasteiger partial charge in [-0.1, -0.05) is 6.92 Å². The van der Waals surface area contributed by atoms with Gasteiger partial charge in [-0.15, -0.1) is 0 Å². The maximum atomic E-state index is 12.3. The molecule has 0 radical (unpaired) electrons. The summed E-state index contributed by atoms with van der Waals surface area (Å²) in [4.78, 5) is 10.5. The van der Waals surface area contributed by atoms with E-state index in [0.717, 1.165) is 0 Å². The van der Waals surface area contributed by atoms with E-state index in [0.29, 0.717) is 13.0 Å². The van der Waals surface area contributed by atoms with Crippen molar-refractivity contribution in [3.05, 3.63) is 12.4 Å². The number of rotatable bonds is 9. The Hall–Kier alpha value is -1.45. The fourth-order valence-electron chi connectivity index (χ4n) is 1.65. The molecule has 0 aliphatic carbocycles. The topological polar surface area (TPSA) is 113 Å². The van der Waals surface area contributed by atoms with Crippen molar-refractivity contribution in [1.29, 1.82) is 0 Å². The number of carboxylic acids is 1. The molecule has 0 aliphatic heterocycles. The number of aryl methyl sites for hydroxylation is 1. The molecular weight excluding hydrogens is 286 g/mol. The third-order valence-corrected chi connectivity index (χ3v) is 4.65. The van der Waals surface area contributed by atoms with E-state index in [1.54, 1.807) is 6.92 Å². The third-order valence-electron chi connectivity index (χ3n) is 2.72. The zero-order chi connectivity index (χ0) is 15.2. The SMILES string of the molecule is CCN(CCCO)S(=O)(=O)c1cnn(CCC(=O)O)c1. The van der Waals surface area contributed by atoms with Crippen molar-refractivity contribution >= 4 is 16.0 Å². The first-order valence-corrected chi connectivity index (χ1v) is 7.71. The van der Waals surface area contributed by atoms with E-state index in [1.807, 2.05) is 0 Å². The van der Waals surface area contributed by atoms with E-state index >= 15 is 0 Å². The summed E-state index contributed by atoms with van der Waals surface area (Å²) < 4.78 is 27.1. The van der Waals surface area contributed by atoms with Crippen molar-refractivity contribution in [2.45, 2.75) is 31.2 Å². The largest absolute Gasteiger partial charge is 0.481 e. The molecule has 0 aromatic carbocycles. The predicted octanol–water partition coefficient (Wildman–Crippen LogP) is -0.249. The fourth-order valence-corrected chi connectivity index (χ4v) is 3.10. The number of aliphatic carboxylic acids is 1. The zero-order valence-corrected chi connectivity index (χ0v) is 12.1. The molecule has 1 rings (SSSR count). The Balaban J connectivity index is 2.83. The van der Waals surface area contributed by atoms with Crippen LogP contribution in [0.5, 0.6) is 0 Å². The maximum Gasteiger partial charge on any atom is 0.305 e. The smallest absolute Gasteiger partial charge is 0.305 e. The van der Waals surface area contributed by atoms with Crippen LogP contribution in [0.3, 0.4) is 0 Å². The van der Waals surface area contributed by atoms with E-state index in [-0.39, 0.29) is 31.0 Å². The summed E-state index contributed by atoms with van der Waals surface area (Å²) in [7, 11) is -3.65. The molecule has 0 atom stereocenters. The average Bonchev–Trinajstić information content (AvgIpc) is 2.86. The van der Waals surface area contributed by atoms with Crippen LogP contribution in [0.4, 0.5) is 0 Å². The summed E-state index contributed by atoms with van der Waals surface area (Å²) in [5.41, 5.74) is 0. The Morgan fingerprint density at radius 1 is 1.50 bits per heavy atom. The molecule has 2 N–H and O–H groups in total. The summed E-state index contributed by atoms with van der Waals surface area (Å²) in [6, 6.07) is 0. The summed E-state index contributed by atoms with van der Waals surface area (Å²) in [5.74, 6) is -0.969. The quantitative estimate of drug-likeness (QED) is 0.650. The molecule has 0 aliphatic rings. The standard InChI is InChI=1S/C11H19N3O5S/c1-2-14(5-3-7-15)20(18,19)10-8-12-13(9-10)6-4-11(16)17/h8-9,15H,2-7H2,1H3,(H,16,17). The Morgan fingerprint density at radius 3 is 2.75 bits per heavy atom. The number of aromatic nitrogens is 2. The Bertz CT molecular complexity index is 540. The van der Waals surface area contributed by atoms with Crippen LogP contribution in [0.1, 0.15) is 19.8 Å². The maximum absolute atomic E-state index is 12.3. The van der Waals surface area contributed by atoms with Crippen molar-refractivity contribution in [3.8, 4) is 0 Å². The van der Waals surface area contributed by atoms with Crippen LogP contribution in [-0.2, 0) is 21.4 Å². The van der Waals surface area contributed by atoms with Gasteiger partial charge >= 0.3 is 5.97 Å². The number of hydrogen-bond acceptors (Lipinski definition) is 5. The molecule has 0 spiro atoms. The van der Waals surface area contributed by atoms with Crippen LogP contribution in [0.15, 0.2) is 17.3 Å². The number of hydrogen-bond donors (Lipinski definition) is 2. The second kappa shape index (κ2) is 7.36. The van der Waals surface area contributed by atoms with Gasteiger partial charge in [0.05, 0.1) is 19.2 Å². The van der Waals surface area contributed by atoms with Gasteiger partial charge in [0, 0.05) is 25.9 Å². The van der Waals surface area contributed by atoms with E-state index < -0.39 is 16.0 Å². The molecule has 9 heteroatoms. The van der Waals surface area contributed by atoms with Crippen molar-refractivity contribution in [2.24, 2.45) is 0 Å². The summed E-state index contributed by atoms with van der Waals surface area (Å²) in [5, 5.41) is 21.2. The molecule has 0 unspecified atom stereocenters. The minimum absolute atomic E-state index is 0.0303. The van der Waals surface area contributed by atoms with Crippen LogP contribution < -0.4 is 0 Å². The second-order valence-electron chi connectivity index (χ2n) is 4.16. The highest BCUT2D eigenvalue weighted by molar-refractivity contribution is 7.89. The van der Waals surface area contributed by atoms with Gasteiger partial charge in [0.15, 0.2) is 0 Å². The number of nitrogens with zero attached hydrogens (tertiary/aromatic N) is 3. The molecule has 0 fully saturated rings. The van der Waals surface area contributed by atoms with E-state index in [9.17, 15) is 13.2 Å². The van der Waals surface area contributed by atoms with Gasteiger partial charge in [0.25, 0.3) is 0 Å². The lowest BCUT2D eigenvalue weighted by atomic mass is 10.4. The summed E-state index contributed by atoms with van der Waals surface area (Å²) >= 11 is 0. The minimum atomic E-state index is -3.65. The van der Waals surface area contributed by atoms with Crippen molar-refractivity contribution in [1.82, 2.24) is 14.1 Å². The number of carbonyl (C=O) groups is 1. The Morgan fingerprint density at radius 2 is 2.20 bits per heavy atom. The highest BCUT2D eigenvalue weighted by Crippen LogP contribution is 2.15. The molecule has 1 aromatic rings. The highest BCUT2D eigenvalue weighted by Gasteiger charge is 2.24. The van der Waals surface area contributed by atoms with Crippen molar-refractivity contribution in [3.63, 3.8) is 0 Å². The molecule has 0 bridgehead atoms. The van der Waals surface area contributed by atoms with Crippen molar-refractivity contribution in [2.75, 3.05) is 19.7 Å². The predicted molar refractivity (Wildman–Crippen MR) is 70.6 cm³/mol. The minimum Gasteiger partial charge on any atom is -0.481 e. The van der Waals surface area contributed by atoms with Crippen LogP contribution in [0.2, 0.25) is 0 Å². The second-order valence-corrected chi connectivity index (χ2v) is 6.09. The third kappa shape index (κ3) is 4.29. The van der Waals surface area contributed by atoms with Gasteiger partial charge in [0.2, 0.25) is 10.0 Å². The molecule has 1 aromatic heterocycles. The summed E-state index contributed by atoms with van der Waals surface area (Å²) in [6.07, 6.45) is 2.77. The van der Waals surface area contributed by atoms with Crippen LogP contribution >= 0.6 is 0 Å². The van der Waals surface area contributed by atoms with E-state index in [2.05, 4.69) is 5.10 Å². The average molecular weight is 305 g/mol. The van der Waals surface area contributed by atoms with Gasteiger partial charge in [-0.05, 0) is 6.42 Å². The first-order valence-electron chi connectivity index (χ1n) is 6.27. The van der Waals surface area contributed by atoms with Crippen LogP contribution in [0, 0.1) is 0 Å². The van der Waals surface area contributed by atoms with Crippen LogP contribution in [-0.4, -0.2) is 58.4 Å². The molecule has 0 saturated carbocycles. The molecule has 20 heavy (non-hydrogen) atoms. The number of carboxylic acid groups (broad SMARTS) is 1. The fraction of sp³-hybridized carbons (Fsp3) is 0.636. The van der Waals surface area contributed by atoms with E-state index in [4.69, 9.17) is 10.2 Å². The molecular formula is C11H19N3O5S. The van der Waals surface area contributed by atoms with Gasteiger partial charge in [-0.2, -0.15) is 9.40 Å². The van der Waals surface area contributed by atoms with Crippen molar-refractivity contribution < 1.29 is 23.4 Å². The first kappa shape index (κ1) is 16.6. The summed E-state index contributed by atoms with van der Waals surface area (Å²) in [6.45, 7) is 2.28. The normalized spacial score (nSPS) is 11.9. The monoisotopic (exact) mass is 305 g/mol. The molecule has 0 saturated heterocycles. The molecule has 114 valence electrons. The van der Waals surface area contributed by atoms with Gasteiger partial charge in [0.1, 0.15) is 4.90 Å². The lowest BCUT2D eigenvalue weighted by molar-refractivity contribution is -0.137. The van der Waals surface area contributed by atoms with Gasteiger partial charge in [-0.25, -0.2) is 8.42 Å². The van der Waals surface area contributed by atoms with Gasteiger partial charge in [-0.3, -0.25) is 9.48 Å². The zero-order valence-electron chi connectivity index (χ0n) is 11.3. The molecule has 8 nitrogen and oxygen atoms in total. The van der Waals surface area contributed by atoms with E-state index in [1.165, 1.54) is 21.4 Å². The number of aliphatic hydroxyl groups is 1. The number of aliphatic hydroxyl groups excluding tert-OH is 1. The Kier molecular flexibility index (Phi) is 6.11. The van der Waals surface area contributed by atoms with Gasteiger partial charge < -0.3 is 10.2 Å². The lowest BCUT2D eigenvalue weighted by Crippen LogP contribution is -2.32. The van der Waals surface area contributed by atoms with Crippen LogP contribution in [0.25, 0.3) is 0 Å². The highest BCUT2D eigenvalue weighted by atomic mass is 32.2. The molecule has 1 heterocycles. The first-order chi connectivity index (χ1) is 9.41.